The predicted octanol–water partition coefficient (Wildman–Crippen LogP) is -1.19. The number of fused-ring (bicyclic) bond motifs is 2. The molecular weight excluding hydrogens is 170 g/mol. The van der Waals surface area contributed by atoms with Gasteiger partial charge in [0, 0.05) is 6.20 Å². The van der Waals surface area contributed by atoms with Crippen molar-refractivity contribution in [2.24, 2.45) is 4.99 Å². The third-order valence-electron chi connectivity index (χ3n) is 1.85. The molecule has 0 fully saturated rings. The number of nitrogens with zero attached hydrogens (tertiary/aromatic N) is 5. The third-order valence-corrected chi connectivity index (χ3v) is 1.85. The Hall–Kier alpha value is -2.11. The van der Waals surface area contributed by atoms with Gasteiger partial charge in [-0.05, 0) is 6.08 Å². The van der Waals surface area contributed by atoms with Crippen LogP contribution >= 0.6 is 0 Å². The molecule has 0 N–H and O–H groups in total. The van der Waals surface area contributed by atoms with Crippen LogP contribution in [0.1, 0.15) is 5.69 Å². The molecule has 6 heteroatoms. The fourth-order valence-corrected chi connectivity index (χ4v) is 1.25. The quantitative estimate of drug-likeness (QED) is 0.502. The van der Waals surface area contributed by atoms with Gasteiger partial charge < -0.3 is 0 Å². The average molecular weight is 173 g/mol. The molecule has 0 amide bonds. The molecule has 0 radical (unpaired) electrons. The maximum absolute atomic E-state index is 11.6. The monoisotopic (exact) mass is 173 g/mol. The van der Waals surface area contributed by atoms with Crippen LogP contribution in [0.4, 0.5) is 0 Å². The second kappa shape index (κ2) is 1.98. The van der Waals surface area contributed by atoms with Gasteiger partial charge in [0.2, 0.25) is 0 Å². The summed E-state index contributed by atoms with van der Waals surface area (Å²) >= 11 is 0. The summed E-state index contributed by atoms with van der Waals surface area (Å²) in [6, 6.07) is 0. The molecule has 1 aliphatic rings. The third kappa shape index (κ3) is 0.689. The lowest BCUT2D eigenvalue weighted by atomic mass is 10.4. The summed E-state index contributed by atoms with van der Waals surface area (Å²) in [5.74, 6) is 0.311. The molecular formula is C7H3N5O. The molecule has 0 aromatic carbocycles. The van der Waals surface area contributed by atoms with E-state index in [2.05, 4.69) is 20.2 Å². The first-order chi connectivity index (χ1) is 6.36. The van der Waals surface area contributed by atoms with E-state index in [1.54, 1.807) is 12.3 Å². The van der Waals surface area contributed by atoms with Gasteiger partial charge in [-0.2, -0.15) is 0 Å². The van der Waals surface area contributed by atoms with Crippen molar-refractivity contribution in [3.8, 4) is 0 Å². The van der Waals surface area contributed by atoms with Gasteiger partial charge in [-0.25, -0.2) is 14.4 Å². The van der Waals surface area contributed by atoms with E-state index >= 15 is 0 Å². The van der Waals surface area contributed by atoms with Crippen LogP contribution in [0.25, 0.3) is 11.9 Å². The lowest BCUT2D eigenvalue weighted by molar-refractivity contribution is 1.01. The highest BCUT2D eigenvalue weighted by Crippen LogP contribution is 1.96. The molecule has 2 aromatic rings. The largest absolute Gasteiger partial charge is 0.286 e. The summed E-state index contributed by atoms with van der Waals surface area (Å²) < 4.78 is 1.27. The molecule has 62 valence electrons. The summed E-state index contributed by atoms with van der Waals surface area (Å²) in [6.07, 6.45) is 4.55. The molecule has 0 unspecified atom stereocenters. The van der Waals surface area contributed by atoms with E-state index < -0.39 is 0 Å². The zero-order chi connectivity index (χ0) is 8.84. The highest BCUT2D eigenvalue weighted by atomic mass is 16.1. The lowest BCUT2D eigenvalue weighted by Gasteiger charge is -1.89. The van der Waals surface area contributed by atoms with Crippen LogP contribution in [0.2, 0.25) is 0 Å². The number of hydrogen-bond donors (Lipinski definition) is 0. The maximum Gasteiger partial charge on any atom is 0.286 e. The molecule has 0 atom stereocenters. The Morgan fingerprint density at radius 2 is 2.31 bits per heavy atom. The van der Waals surface area contributed by atoms with Gasteiger partial charge in [0.25, 0.3) is 11.3 Å². The SMILES string of the molecule is O=c1c2c(nc3nncn13)C=CN=2. The molecule has 3 heterocycles. The van der Waals surface area contributed by atoms with Crippen LogP contribution in [0.3, 0.4) is 0 Å². The van der Waals surface area contributed by atoms with Crippen LogP contribution in [0.15, 0.2) is 22.3 Å². The van der Waals surface area contributed by atoms with Crippen molar-refractivity contribution in [2.75, 3.05) is 0 Å². The van der Waals surface area contributed by atoms with Gasteiger partial charge in [-0.1, -0.05) is 0 Å². The minimum Gasteiger partial charge on any atom is -0.266 e. The second-order valence-corrected chi connectivity index (χ2v) is 2.60. The Morgan fingerprint density at radius 1 is 1.38 bits per heavy atom. The first-order valence-corrected chi connectivity index (χ1v) is 3.64. The van der Waals surface area contributed by atoms with E-state index in [0.717, 1.165) is 0 Å². The van der Waals surface area contributed by atoms with Crippen LogP contribution in [-0.2, 0) is 0 Å². The Labute approximate surface area is 71.3 Å². The minimum atomic E-state index is -0.227. The second-order valence-electron chi connectivity index (χ2n) is 2.60. The van der Waals surface area contributed by atoms with Gasteiger partial charge >= 0.3 is 0 Å². The maximum atomic E-state index is 11.6. The van der Waals surface area contributed by atoms with Crippen molar-refractivity contribution in [3.63, 3.8) is 0 Å². The van der Waals surface area contributed by atoms with E-state index in [-0.39, 0.29) is 5.56 Å². The zero-order valence-corrected chi connectivity index (χ0v) is 6.38. The molecule has 0 aliphatic carbocycles. The summed E-state index contributed by atoms with van der Waals surface area (Å²) in [6.45, 7) is 0. The van der Waals surface area contributed by atoms with E-state index in [1.807, 2.05) is 0 Å². The lowest BCUT2D eigenvalue weighted by Crippen LogP contribution is -2.32. The van der Waals surface area contributed by atoms with Crippen molar-refractivity contribution in [3.05, 3.63) is 33.9 Å². The molecule has 2 aromatic heterocycles. The van der Waals surface area contributed by atoms with Gasteiger partial charge in [0.05, 0.1) is 5.69 Å². The van der Waals surface area contributed by atoms with Gasteiger partial charge in [-0.15, -0.1) is 10.2 Å². The van der Waals surface area contributed by atoms with E-state index in [1.165, 1.54) is 10.7 Å². The van der Waals surface area contributed by atoms with Crippen molar-refractivity contribution in [2.45, 2.75) is 0 Å². The molecule has 0 spiro atoms. The fraction of sp³-hybridized carbons (Fsp3) is 0. The average Bonchev–Trinajstić information content (AvgIpc) is 2.71. The van der Waals surface area contributed by atoms with E-state index in [4.69, 9.17) is 0 Å². The van der Waals surface area contributed by atoms with Crippen LogP contribution in [0, 0.1) is 0 Å². The predicted molar refractivity (Wildman–Crippen MR) is 42.8 cm³/mol. The van der Waals surface area contributed by atoms with E-state index in [0.29, 0.717) is 16.8 Å². The van der Waals surface area contributed by atoms with Gasteiger partial charge in [0.15, 0.2) is 5.36 Å². The fourth-order valence-electron chi connectivity index (χ4n) is 1.25. The normalized spacial score (nSPS) is 13.2. The number of aromatic nitrogens is 4. The number of rotatable bonds is 0. The van der Waals surface area contributed by atoms with Crippen molar-refractivity contribution in [1.82, 2.24) is 19.6 Å². The van der Waals surface area contributed by atoms with Gasteiger partial charge in [0.1, 0.15) is 6.33 Å². The molecule has 0 saturated heterocycles. The molecule has 1 aliphatic heterocycles. The smallest absolute Gasteiger partial charge is 0.266 e. The highest BCUT2D eigenvalue weighted by molar-refractivity contribution is 5.49. The first-order valence-electron chi connectivity index (χ1n) is 3.64. The summed E-state index contributed by atoms with van der Waals surface area (Å²) in [5, 5.41) is 7.62. The number of hydrogen-bond acceptors (Lipinski definition) is 5. The van der Waals surface area contributed by atoms with Crippen LogP contribution in [0.5, 0.6) is 0 Å². The van der Waals surface area contributed by atoms with Crippen molar-refractivity contribution in [1.29, 1.82) is 0 Å². The van der Waals surface area contributed by atoms with Crippen molar-refractivity contribution >= 4 is 11.9 Å². The summed E-state index contributed by atoms with van der Waals surface area (Å²) in [5.41, 5.74) is 0.334. The topological polar surface area (TPSA) is 72.5 Å². The minimum absolute atomic E-state index is 0.227. The van der Waals surface area contributed by atoms with E-state index in [9.17, 15) is 4.79 Å². The summed E-state index contributed by atoms with van der Waals surface area (Å²) in [7, 11) is 0. The van der Waals surface area contributed by atoms with Gasteiger partial charge in [-0.3, -0.25) is 4.79 Å². The van der Waals surface area contributed by atoms with Crippen LogP contribution in [-0.4, -0.2) is 19.6 Å². The molecule has 0 saturated carbocycles. The first kappa shape index (κ1) is 6.41. The Bertz CT molecular complexity index is 626. The highest BCUT2D eigenvalue weighted by Gasteiger charge is 2.09. The molecule has 3 rings (SSSR count). The zero-order valence-electron chi connectivity index (χ0n) is 6.38. The van der Waals surface area contributed by atoms with Crippen molar-refractivity contribution < 1.29 is 0 Å². The Kier molecular flexibility index (Phi) is 0.974. The standard InChI is InChI=1S/C7H3N5O/c13-6-5-4(1-2-8-5)10-7-11-9-3-12(6)7/h1-3H. The Balaban J connectivity index is 2.70. The molecule has 6 nitrogen and oxygen atoms in total. The molecule has 13 heavy (non-hydrogen) atoms. The molecule has 0 bridgehead atoms. The Morgan fingerprint density at radius 3 is 3.23 bits per heavy atom. The van der Waals surface area contributed by atoms with Crippen LogP contribution < -0.4 is 10.9 Å². The summed E-state index contributed by atoms with van der Waals surface area (Å²) in [4.78, 5) is 19.6.